The molecule has 0 aliphatic carbocycles. The van der Waals surface area contributed by atoms with Gasteiger partial charge in [-0.25, -0.2) is 4.79 Å². The van der Waals surface area contributed by atoms with Gasteiger partial charge < -0.3 is 9.84 Å². The molecule has 0 fully saturated rings. The van der Waals surface area contributed by atoms with Gasteiger partial charge in [0.25, 0.3) is 0 Å². The molecule has 0 aromatic heterocycles. The molecule has 0 aliphatic heterocycles. The van der Waals surface area contributed by atoms with Crippen LogP contribution < -0.4 is 0 Å². The molecule has 1 N–H and O–H groups in total. The molecule has 0 unspecified atom stereocenters. The van der Waals surface area contributed by atoms with Crippen LogP contribution in [0, 0.1) is 0 Å². The fraction of sp³-hybridized carbons (Fsp3) is 0.947. The van der Waals surface area contributed by atoms with Gasteiger partial charge >= 0.3 is 6.09 Å². The molecule has 0 heterocycles. The summed E-state index contributed by atoms with van der Waals surface area (Å²) < 4.78 is 5.46. The minimum Gasteiger partial charge on any atom is -0.463 e. The highest BCUT2D eigenvalue weighted by atomic mass is 16.7. The Balaban J connectivity index is 3.11. The minimum absolute atomic E-state index is 0.290. The largest absolute Gasteiger partial charge is 0.463 e. The van der Waals surface area contributed by atoms with Crippen molar-refractivity contribution in [1.29, 1.82) is 0 Å². The highest BCUT2D eigenvalue weighted by Gasteiger charge is 2.08. The lowest BCUT2D eigenvalue weighted by Gasteiger charge is -2.16. The highest BCUT2D eigenvalue weighted by molar-refractivity contribution is 5.63. The SMILES string of the molecule is CCCCCCCCCCCCCCOCCON(CC)C(=O)O. The standard InChI is InChI=1S/C19H39NO4/c1-3-5-6-7-8-9-10-11-12-13-14-15-16-23-17-18-24-20(4-2)19(21)22/h3-18H2,1-2H3,(H,21,22). The van der Waals surface area contributed by atoms with Crippen molar-refractivity contribution in [2.75, 3.05) is 26.4 Å². The Hall–Kier alpha value is -0.810. The molecule has 0 atom stereocenters. The van der Waals surface area contributed by atoms with Crippen LogP contribution in [-0.4, -0.2) is 42.6 Å². The van der Waals surface area contributed by atoms with Crippen molar-refractivity contribution in [2.45, 2.75) is 90.9 Å². The quantitative estimate of drug-likeness (QED) is 0.258. The Morgan fingerprint density at radius 2 is 1.25 bits per heavy atom. The van der Waals surface area contributed by atoms with Crippen LogP contribution in [0.4, 0.5) is 4.79 Å². The molecule has 0 aliphatic rings. The second kappa shape index (κ2) is 18.5. The van der Waals surface area contributed by atoms with E-state index in [4.69, 9.17) is 14.7 Å². The molecule has 5 heteroatoms. The van der Waals surface area contributed by atoms with Crippen LogP contribution >= 0.6 is 0 Å². The monoisotopic (exact) mass is 345 g/mol. The van der Waals surface area contributed by atoms with E-state index in [1.54, 1.807) is 6.92 Å². The molecule has 0 saturated carbocycles. The van der Waals surface area contributed by atoms with Gasteiger partial charge in [-0.2, -0.15) is 5.06 Å². The third-order valence-electron chi connectivity index (χ3n) is 4.12. The highest BCUT2D eigenvalue weighted by Crippen LogP contribution is 2.11. The Morgan fingerprint density at radius 1 is 0.750 bits per heavy atom. The molecule has 144 valence electrons. The van der Waals surface area contributed by atoms with E-state index >= 15 is 0 Å². The van der Waals surface area contributed by atoms with E-state index in [1.165, 1.54) is 70.6 Å². The molecule has 0 bridgehead atoms. The molecular formula is C19H39NO4. The van der Waals surface area contributed by atoms with Gasteiger partial charge in [0.2, 0.25) is 0 Å². The van der Waals surface area contributed by atoms with Gasteiger partial charge in [0, 0.05) is 13.2 Å². The van der Waals surface area contributed by atoms with E-state index in [-0.39, 0.29) is 0 Å². The van der Waals surface area contributed by atoms with E-state index in [9.17, 15) is 4.79 Å². The van der Waals surface area contributed by atoms with Crippen molar-refractivity contribution in [3.05, 3.63) is 0 Å². The zero-order valence-corrected chi connectivity index (χ0v) is 15.9. The lowest BCUT2D eigenvalue weighted by Crippen LogP contribution is -2.30. The third kappa shape index (κ3) is 16.1. The number of hydroxylamine groups is 2. The summed E-state index contributed by atoms with van der Waals surface area (Å²) in [6, 6.07) is 0. The molecule has 5 nitrogen and oxygen atoms in total. The maximum absolute atomic E-state index is 10.7. The molecule has 0 rings (SSSR count). The van der Waals surface area contributed by atoms with Crippen LogP contribution in [0.25, 0.3) is 0 Å². The number of hydrogen-bond donors (Lipinski definition) is 1. The van der Waals surface area contributed by atoms with Gasteiger partial charge in [0.1, 0.15) is 0 Å². The number of ether oxygens (including phenoxy) is 1. The summed E-state index contributed by atoms with van der Waals surface area (Å²) in [5.74, 6) is 0. The van der Waals surface area contributed by atoms with Crippen molar-refractivity contribution in [3.63, 3.8) is 0 Å². The van der Waals surface area contributed by atoms with Crippen molar-refractivity contribution >= 4 is 6.09 Å². The van der Waals surface area contributed by atoms with E-state index in [0.29, 0.717) is 19.8 Å². The van der Waals surface area contributed by atoms with E-state index in [2.05, 4.69) is 6.92 Å². The average Bonchev–Trinajstić information content (AvgIpc) is 2.57. The summed E-state index contributed by atoms with van der Waals surface area (Å²) in [5, 5.41) is 9.68. The van der Waals surface area contributed by atoms with E-state index < -0.39 is 6.09 Å². The molecule has 0 spiro atoms. The van der Waals surface area contributed by atoms with Gasteiger partial charge in [0.05, 0.1) is 13.2 Å². The molecule has 0 aromatic rings. The van der Waals surface area contributed by atoms with Gasteiger partial charge in [-0.3, -0.25) is 4.84 Å². The van der Waals surface area contributed by atoms with Gasteiger partial charge in [-0.05, 0) is 13.3 Å². The van der Waals surface area contributed by atoms with Crippen LogP contribution in [0.1, 0.15) is 90.9 Å². The first kappa shape index (κ1) is 23.2. The van der Waals surface area contributed by atoms with Crippen LogP contribution in [0.5, 0.6) is 0 Å². The maximum atomic E-state index is 10.7. The number of unbranched alkanes of at least 4 members (excludes halogenated alkanes) is 11. The molecular weight excluding hydrogens is 306 g/mol. The lowest BCUT2D eigenvalue weighted by atomic mass is 10.1. The molecule has 24 heavy (non-hydrogen) atoms. The number of hydrogen-bond acceptors (Lipinski definition) is 3. The molecule has 0 aromatic carbocycles. The second-order valence-electron chi connectivity index (χ2n) is 6.31. The summed E-state index contributed by atoms with van der Waals surface area (Å²) in [6.07, 6.45) is 15.0. The lowest BCUT2D eigenvalue weighted by molar-refractivity contribution is -0.140. The third-order valence-corrected chi connectivity index (χ3v) is 4.12. The molecule has 1 amide bonds. The minimum atomic E-state index is -1.06. The van der Waals surface area contributed by atoms with Crippen LogP contribution in [0.15, 0.2) is 0 Å². The molecule has 0 saturated heterocycles. The van der Waals surface area contributed by atoms with Crippen LogP contribution in [0.2, 0.25) is 0 Å². The summed E-state index contributed by atoms with van der Waals surface area (Å²) in [4.78, 5) is 15.8. The number of amides is 1. The average molecular weight is 346 g/mol. The zero-order valence-electron chi connectivity index (χ0n) is 15.9. The fourth-order valence-corrected chi connectivity index (χ4v) is 2.64. The normalized spacial score (nSPS) is 10.9. The first-order valence-electron chi connectivity index (χ1n) is 9.93. The second-order valence-corrected chi connectivity index (χ2v) is 6.31. The topological polar surface area (TPSA) is 59.0 Å². The van der Waals surface area contributed by atoms with Gasteiger partial charge in [-0.15, -0.1) is 0 Å². The van der Waals surface area contributed by atoms with Crippen LogP contribution in [0.3, 0.4) is 0 Å². The Labute approximate surface area is 148 Å². The Bertz CT molecular complexity index is 274. The van der Waals surface area contributed by atoms with Crippen molar-refractivity contribution in [1.82, 2.24) is 5.06 Å². The fourth-order valence-electron chi connectivity index (χ4n) is 2.64. The number of rotatable bonds is 18. The summed E-state index contributed by atoms with van der Waals surface area (Å²) in [6.45, 7) is 5.80. The number of carbonyl (C=O) groups is 1. The first-order valence-corrected chi connectivity index (χ1v) is 9.93. The molecule has 0 radical (unpaired) electrons. The Kier molecular flexibility index (Phi) is 17.9. The summed E-state index contributed by atoms with van der Waals surface area (Å²) in [7, 11) is 0. The zero-order chi connectivity index (χ0) is 17.9. The number of carboxylic acid groups (broad SMARTS) is 1. The maximum Gasteiger partial charge on any atom is 0.431 e. The Morgan fingerprint density at radius 3 is 1.71 bits per heavy atom. The van der Waals surface area contributed by atoms with E-state index in [0.717, 1.165) is 18.1 Å². The summed E-state index contributed by atoms with van der Waals surface area (Å²) in [5.41, 5.74) is 0. The van der Waals surface area contributed by atoms with Gasteiger partial charge in [-0.1, -0.05) is 77.6 Å². The van der Waals surface area contributed by atoms with Crippen molar-refractivity contribution in [2.24, 2.45) is 0 Å². The predicted octanol–water partition coefficient (Wildman–Crippen LogP) is 5.64. The van der Waals surface area contributed by atoms with Crippen molar-refractivity contribution < 1.29 is 19.5 Å². The van der Waals surface area contributed by atoms with Crippen LogP contribution in [-0.2, 0) is 9.57 Å². The number of nitrogens with zero attached hydrogens (tertiary/aromatic N) is 1. The predicted molar refractivity (Wildman–Crippen MR) is 98.3 cm³/mol. The first-order chi connectivity index (χ1) is 11.7. The van der Waals surface area contributed by atoms with E-state index in [1.807, 2.05) is 0 Å². The van der Waals surface area contributed by atoms with Crippen molar-refractivity contribution in [3.8, 4) is 0 Å². The summed E-state index contributed by atoms with van der Waals surface area (Å²) >= 11 is 0. The van der Waals surface area contributed by atoms with Gasteiger partial charge in [0.15, 0.2) is 0 Å². The smallest absolute Gasteiger partial charge is 0.431 e.